The van der Waals surface area contributed by atoms with Crippen LogP contribution in [0.2, 0.25) is 0 Å². The van der Waals surface area contributed by atoms with E-state index in [2.05, 4.69) is 17.6 Å². The number of rotatable bonds is 6. The molecule has 1 rings (SSSR count). The molecule has 0 atom stereocenters. The molecule has 0 aliphatic rings. The number of methoxy groups -OCH3 is 1. The van der Waals surface area contributed by atoms with Gasteiger partial charge in [-0.05, 0) is 36.3 Å². The van der Waals surface area contributed by atoms with E-state index >= 15 is 0 Å². The van der Waals surface area contributed by atoms with Crippen LogP contribution >= 0.6 is 12.2 Å². The normalized spacial score (nSPS) is 9.79. The summed E-state index contributed by atoms with van der Waals surface area (Å²) in [5.41, 5.74) is 0.926. The first-order valence-corrected chi connectivity index (χ1v) is 6.77. The Morgan fingerprint density at radius 1 is 1.32 bits per heavy atom. The summed E-state index contributed by atoms with van der Waals surface area (Å²) in [5.74, 6) is 0.667. The first-order valence-electron chi connectivity index (χ1n) is 6.36. The summed E-state index contributed by atoms with van der Waals surface area (Å²) in [5, 5.41) is 6.06. The van der Waals surface area contributed by atoms with E-state index in [4.69, 9.17) is 17.0 Å². The zero-order valence-electron chi connectivity index (χ0n) is 11.4. The second kappa shape index (κ2) is 8.48. The van der Waals surface area contributed by atoms with Crippen LogP contribution < -0.4 is 15.4 Å². The van der Waals surface area contributed by atoms with Crippen LogP contribution in [0, 0.1) is 0 Å². The van der Waals surface area contributed by atoms with Gasteiger partial charge in [-0.3, -0.25) is 4.79 Å². The Kier molecular flexibility index (Phi) is 6.89. The molecule has 0 aromatic heterocycles. The van der Waals surface area contributed by atoms with E-state index in [1.54, 1.807) is 7.11 Å². The van der Waals surface area contributed by atoms with Gasteiger partial charge in [0.05, 0.1) is 13.5 Å². The Bertz CT molecular complexity index is 418. The molecular formula is C14H20N2O2S. The number of carbonyl (C=O) groups is 1. The number of benzene rings is 1. The van der Waals surface area contributed by atoms with Crippen LogP contribution in [0.3, 0.4) is 0 Å². The van der Waals surface area contributed by atoms with E-state index in [1.807, 2.05) is 24.3 Å². The average Bonchev–Trinajstić information content (AvgIpc) is 2.39. The molecule has 104 valence electrons. The Balaban J connectivity index is 2.35. The van der Waals surface area contributed by atoms with E-state index in [-0.39, 0.29) is 5.91 Å². The molecule has 0 bridgehead atoms. The lowest BCUT2D eigenvalue weighted by molar-refractivity contribution is -0.119. The van der Waals surface area contributed by atoms with E-state index < -0.39 is 0 Å². The van der Waals surface area contributed by atoms with Crippen molar-refractivity contribution in [3.05, 3.63) is 29.8 Å². The summed E-state index contributed by atoms with van der Waals surface area (Å²) in [6.45, 7) is 2.89. The highest BCUT2D eigenvalue weighted by Gasteiger charge is 2.05. The van der Waals surface area contributed by atoms with Crippen molar-refractivity contribution in [3.8, 4) is 5.75 Å². The van der Waals surface area contributed by atoms with Gasteiger partial charge in [-0.25, -0.2) is 0 Å². The van der Waals surface area contributed by atoms with Gasteiger partial charge in [0, 0.05) is 6.54 Å². The molecule has 0 aliphatic carbocycles. The lowest BCUT2D eigenvalue weighted by atomic mass is 10.1. The van der Waals surface area contributed by atoms with Crippen molar-refractivity contribution in [2.24, 2.45) is 0 Å². The molecule has 0 radical (unpaired) electrons. The molecule has 1 amide bonds. The summed E-state index contributed by atoms with van der Waals surface area (Å²) in [6.07, 6.45) is 2.43. The van der Waals surface area contributed by atoms with Gasteiger partial charge in [0.15, 0.2) is 5.11 Å². The topological polar surface area (TPSA) is 50.4 Å². The summed E-state index contributed by atoms with van der Waals surface area (Å²) in [6, 6.07) is 7.40. The largest absolute Gasteiger partial charge is 0.497 e. The van der Waals surface area contributed by atoms with Gasteiger partial charge in [-0.15, -0.1) is 0 Å². The summed E-state index contributed by atoms with van der Waals surface area (Å²) >= 11 is 5.04. The first kappa shape index (κ1) is 15.4. The van der Waals surface area contributed by atoms with Crippen LogP contribution in [0.5, 0.6) is 5.75 Å². The van der Waals surface area contributed by atoms with Crippen LogP contribution in [-0.2, 0) is 11.2 Å². The van der Waals surface area contributed by atoms with Crippen LogP contribution in [0.4, 0.5) is 0 Å². The summed E-state index contributed by atoms with van der Waals surface area (Å²) < 4.78 is 5.06. The first-order chi connectivity index (χ1) is 9.15. The molecule has 19 heavy (non-hydrogen) atoms. The standard InChI is InChI=1S/C14H20N2O2S/c1-3-4-9-15-14(19)16-13(17)10-11-5-7-12(18-2)8-6-11/h5-8H,3-4,9-10H2,1-2H3,(H2,15,16,17,19). The quantitative estimate of drug-likeness (QED) is 0.618. The number of hydrogen-bond acceptors (Lipinski definition) is 3. The van der Waals surface area contributed by atoms with Crippen molar-refractivity contribution >= 4 is 23.2 Å². The predicted octanol–water partition coefficient (Wildman–Crippen LogP) is 2.03. The van der Waals surface area contributed by atoms with Gasteiger partial charge in [-0.2, -0.15) is 0 Å². The molecule has 0 heterocycles. The van der Waals surface area contributed by atoms with Gasteiger partial charge in [-0.1, -0.05) is 25.5 Å². The Hall–Kier alpha value is -1.62. The van der Waals surface area contributed by atoms with Crippen LogP contribution in [0.15, 0.2) is 24.3 Å². The highest BCUT2D eigenvalue weighted by Crippen LogP contribution is 2.11. The molecule has 0 saturated heterocycles. The molecule has 0 saturated carbocycles. The van der Waals surface area contributed by atoms with E-state index in [0.29, 0.717) is 11.5 Å². The van der Waals surface area contributed by atoms with Gasteiger partial charge in [0.2, 0.25) is 5.91 Å². The number of amides is 1. The van der Waals surface area contributed by atoms with Crippen molar-refractivity contribution in [2.75, 3.05) is 13.7 Å². The van der Waals surface area contributed by atoms with E-state index in [1.165, 1.54) is 0 Å². The van der Waals surface area contributed by atoms with E-state index in [9.17, 15) is 4.79 Å². The highest BCUT2D eigenvalue weighted by molar-refractivity contribution is 7.80. The van der Waals surface area contributed by atoms with Crippen LogP contribution in [0.25, 0.3) is 0 Å². The van der Waals surface area contributed by atoms with Gasteiger partial charge in [0.1, 0.15) is 5.75 Å². The fourth-order valence-electron chi connectivity index (χ4n) is 1.52. The van der Waals surface area contributed by atoms with Gasteiger partial charge >= 0.3 is 0 Å². The van der Waals surface area contributed by atoms with Crippen molar-refractivity contribution in [1.29, 1.82) is 0 Å². The Morgan fingerprint density at radius 3 is 2.58 bits per heavy atom. The maximum absolute atomic E-state index is 11.7. The second-order valence-corrected chi connectivity index (χ2v) is 4.59. The fourth-order valence-corrected chi connectivity index (χ4v) is 1.74. The van der Waals surface area contributed by atoms with Crippen LogP contribution in [0.1, 0.15) is 25.3 Å². The summed E-state index contributed by atoms with van der Waals surface area (Å²) in [4.78, 5) is 11.7. The lowest BCUT2D eigenvalue weighted by Gasteiger charge is -2.09. The molecule has 0 aliphatic heterocycles. The minimum Gasteiger partial charge on any atom is -0.497 e. The number of hydrogen-bond donors (Lipinski definition) is 2. The molecule has 0 unspecified atom stereocenters. The third-order valence-electron chi connectivity index (χ3n) is 2.59. The minimum absolute atomic E-state index is 0.112. The molecule has 0 fully saturated rings. The Morgan fingerprint density at radius 2 is 2.00 bits per heavy atom. The molecule has 4 nitrogen and oxygen atoms in total. The minimum atomic E-state index is -0.112. The number of ether oxygens (including phenoxy) is 1. The van der Waals surface area contributed by atoms with Crippen LogP contribution in [-0.4, -0.2) is 24.7 Å². The zero-order chi connectivity index (χ0) is 14.1. The second-order valence-electron chi connectivity index (χ2n) is 4.18. The fraction of sp³-hybridized carbons (Fsp3) is 0.429. The van der Waals surface area contributed by atoms with Crippen molar-refractivity contribution in [1.82, 2.24) is 10.6 Å². The Labute approximate surface area is 119 Å². The number of carbonyl (C=O) groups excluding carboxylic acids is 1. The lowest BCUT2D eigenvalue weighted by Crippen LogP contribution is -2.40. The van der Waals surface area contributed by atoms with E-state index in [0.717, 1.165) is 30.7 Å². The number of unbranched alkanes of at least 4 members (excludes halogenated alkanes) is 1. The molecule has 1 aromatic carbocycles. The highest BCUT2D eigenvalue weighted by atomic mass is 32.1. The van der Waals surface area contributed by atoms with Crippen molar-refractivity contribution < 1.29 is 9.53 Å². The average molecular weight is 280 g/mol. The van der Waals surface area contributed by atoms with Gasteiger partial charge < -0.3 is 15.4 Å². The predicted molar refractivity (Wildman–Crippen MR) is 80.3 cm³/mol. The SMILES string of the molecule is CCCCNC(=S)NC(=O)Cc1ccc(OC)cc1. The monoisotopic (exact) mass is 280 g/mol. The van der Waals surface area contributed by atoms with Crippen molar-refractivity contribution in [2.45, 2.75) is 26.2 Å². The third kappa shape index (κ3) is 6.20. The summed E-state index contributed by atoms with van der Waals surface area (Å²) in [7, 11) is 1.61. The molecule has 2 N–H and O–H groups in total. The maximum atomic E-state index is 11.7. The number of thiocarbonyl (C=S) groups is 1. The molecule has 5 heteroatoms. The molecule has 0 spiro atoms. The molecule has 1 aromatic rings. The maximum Gasteiger partial charge on any atom is 0.230 e. The van der Waals surface area contributed by atoms with Crippen molar-refractivity contribution in [3.63, 3.8) is 0 Å². The third-order valence-corrected chi connectivity index (χ3v) is 2.84. The smallest absolute Gasteiger partial charge is 0.230 e. The number of nitrogens with one attached hydrogen (secondary N) is 2. The molecular weight excluding hydrogens is 260 g/mol. The zero-order valence-corrected chi connectivity index (χ0v) is 12.2. The van der Waals surface area contributed by atoms with Gasteiger partial charge in [0.25, 0.3) is 0 Å².